The molecule has 108 valence electrons. The van der Waals surface area contributed by atoms with Gasteiger partial charge in [0.15, 0.2) is 0 Å². The van der Waals surface area contributed by atoms with Crippen LogP contribution in [0.25, 0.3) is 0 Å². The first-order chi connectivity index (χ1) is 10.1. The molecular formula is C18H19NOSe. The normalized spacial score (nSPS) is 10.0. The molecule has 0 aromatic heterocycles. The fraction of sp³-hybridized carbons (Fsp3) is 0.167. The zero-order chi connectivity index (χ0) is 15.2. The summed E-state index contributed by atoms with van der Waals surface area (Å²) >= 11 is 0.0227. The second kappa shape index (κ2) is 7.26. The minimum absolute atomic E-state index is 0.00251. The SMILES string of the molecule is CC(C)=C([Se]c1ccccc1)C(=O)Nc1ccc(C)cc1. The molecule has 0 atom stereocenters. The van der Waals surface area contributed by atoms with Gasteiger partial charge in [0.1, 0.15) is 0 Å². The Morgan fingerprint density at radius 2 is 1.57 bits per heavy atom. The second-order valence-corrected chi connectivity index (χ2v) is 7.34. The van der Waals surface area contributed by atoms with Crippen LogP contribution in [-0.4, -0.2) is 20.9 Å². The van der Waals surface area contributed by atoms with Crippen molar-refractivity contribution in [2.24, 2.45) is 0 Å². The monoisotopic (exact) mass is 345 g/mol. The van der Waals surface area contributed by atoms with Crippen LogP contribution in [0.2, 0.25) is 0 Å². The standard InChI is InChI=1S/C18H19NOSe/c1-13(2)17(21-16-7-5-4-6-8-16)18(20)19-15-11-9-14(3)10-12-15/h4-12H,1-3H3,(H,19,20). The third-order valence-electron chi connectivity index (χ3n) is 2.93. The molecule has 0 aliphatic rings. The van der Waals surface area contributed by atoms with E-state index in [2.05, 4.69) is 17.4 Å². The van der Waals surface area contributed by atoms with Crippen LogP contribution in [0.4, 0.5) is 5.69 Å². The van der Waals surface area contributed by atoms with Crippen LogP contribution in [-0.2, 0) is 4.79 Å². The Hall–Kier alpha value is -1.83. The Balaban J connectivity index is 2.14. The molecule has 3 heteroatoms. The van der Waals surface area contributed by atoms with E-state index in [1.807, 2.05) is 63.2 Å². The molecule has 0 radical (unpaired) electrons. The van der Waals surface area contributed by atoms with Crippen LogP contribution in [0.3, 0.4) is 0 Å². The fourth-order valence-corrected chi connectivity index (χ4v) is 3.65. The van der Waals surface area contributed by atoms with Gasteiger partial charge in [-0.05, 0) is 0 Å². The number of hydrogen-bond donors (Lipinski definition) is 1. The molecule has 0 unspecified atom stereocenters. The van der Waals surface area contributed by atoms with Crippen molar-refractivity contribution in [1.82, 2.24) is 0 Å². The third-order valence-corrected chi connectivity index (χ3v) is 5.67. The number of rotatable bonds is 4. The molecule has 0 bridgehead atoms. The molecule has 2 rings (SSSR count). The number of nitrogens with one attached hydrogen (secondary N) is 1. The van der Waals surface area contributed by atoms with Crippen molar-refractivity contribution in [1.29, 1.82) is 0 Å². The van der Waals surface area contributed by atoms with Gasteiger partial charge in [0.2, 0.25) is 0 Å². The van der Waals surface area contributed by atoms with E-state index in [1.54, 1.807) is 0 Å². The van der Waals surface area contributed by atoms with Gasteiger partial charge < -0.3 is 0 Å². The summed E-state index contributed by atoms with van der Waals surface area (Å²) in [5.74, 6) is 0.00251. The van der Waals surface area contributed by atoms with Crippen molar-refractivity contribution in [2.75, 3.05) is 5.32 Å². The first-order valence-corrected chi connectivity index (χ1v) is 8.56. The summed E-state index contributed by atoms with van der Waals surface area (Å²) in [4.78, 5) is 12.5. The molecule has 2 aromatic rings. The zero-order valence-corrected chi connectivity index (χ0v) is 14.2. The summed E-state index contributed by atoms with van der Waals surface area (Å²) in [6.45, 7) is 6.02. The summed E-state index contributed by atoms with van der Waals surface area (Å²) in [6, 6.07) is 18.0. The summed E-state index contributed by atoms with van der Waals surface area (Å²) in [7, 11) is 0. The molecule has 2 aromatic carbocycles. The van der Waals surface area contributed by atoms with E-state index < -0.39 is 0 Å². The molecule has 2 nitrogen and oxygen atoms in total. The van der Waals surface area contributed by atoms with Crippen molar-refractivity contribution in [3.05, 3.63) is 70.2 Å². The number of carbonyl (C=O) groups is 1. The summed E-state index contributed by atoms with van der Waals surface area (Å²) in [5.41, 5.74) is 3.10. The predicted molar refractivity (Wildman–Crippen MR) is 90.0 cm³/mol. The zero-order valence-electron chi connectivity index (χ0n) is 12.5. The van der Waals surface area contributed by atoms with Crippen molar-refractivity contribution >= 4 is 31.0 Å². The van der Waals surface area contributed by atoms with Gasteiger partial charge in [-0.1, -0.05) is 0 Å². The molecule has 1 N–H and O–H groups in total. The molecule has 21 heavy (non-hydrogen) atoms. The number of carbonyl (C=O) groups excluding carboxylic acids is 1. The van der Waals surface area contributed by atoms with Crippen molar-refractivity contribution in [3.8, 4) is 0 Å². The van der Waals surface area contributed by atoms with E-state index in [1.165, 1.54) is 10.0 Å². The molecule has 0 aliphatic heterocycles. The van der Waals surface area contributed by atoms with Crippen molar-refractivity contribution in [3.63, 3.8) is 0 Å². The Kier molecular flexibility index (Phi) is 5.38. The van der Waals surface area contributed by atoms with E-state index in [4.69, 9.17) is 0 Å². The van der Waals surface area contributed by atoms with Crippen molar-refractivity contribution in [2.45, 2.75) is 20.8 Å². The average Bonchev–Trinajstić information content (AvgIpc) is 2.48. The van der Waals surface area contributed by atoms with Crippen LogP contribution in [0, 0.1) is 6.92 Å². The number of anilines is 1. The molecule has 0 saturated heterocycles. The maximum absolute atomic E-state index is 12.5. The number of aryl methyl sites for hydroxylation is 1. The quantitative estimate of drug-likeness (QED) is 0.669. The first-order valence-electron chi connectivity index (χ1n) is 6.84. The van der Waals surface area contributed by atoms with Gasteiger partial charge in [-0.25, -0.2) is 0 Å². The number of allylic oxidation sites excluding steroid dienone is 1. The van der Waals surface area contributed by atoms with E-state index in [-0.39, 0.29) is 20.9 Å². The fourth-order valence-electron chi connectivity index (χ4n) is 1.81. The van der Waals surface area contributed by atoms with Crippen LogP contribution in [0.1, 0.15) is 19.4 Å². The van der Waals surface area contributed by atoms with E-state index >= 15 is 0 Å². The Morgan fingerprint density at radius 1 is 0.952 bits per heavy atom. The maximum atomic E-state index is 12.5. The molecule has 1 amide bonds. The van der Waals surface area contributed by atoms with Gasteiger partial charge >= 0.3 is 132 Å². The topological polar surface area (TPSA) is 29.1 Å². The Labute approximate surface area is 132 Å². The van der Waals surface area contributed by atoms with Gasteiger partial charge in [-0.2, -0.15) is 0 Å². The van der Waals surface area contributed by atoms with Gasteiger partial charge in [0.05, 0.1) is 0 Å². The van der Waals surface area contributed by atoms with Gasteiger partial charge in [0.25, 0.3) is 0 Å². The molecular weight excluding hydrogens is 325 g/mol. The third kappa shape index (κ3) is 4.59. The number of benzene rings is 2. The number of hydrogen-bond acceptors (Lipinski definition) is 1. The Morgan fingerprint density at radius 3 is 2.14 bits per heavy atom. The molecule has 0 fully saturated rings. The van der Waals surface area contributed by atoms with Gasteiger partial charge in [-0.3, -0.25) is 0 Å². The van der Waals surface area contributed by atoms with Crippen LogP contribution < -0.4 is 9.78 Å². The Bertz CT molecular complexity index is 641. The van der Waals surface area contributed by atoms with E-state index in [0.29, 0.717) is 0 Å². The van der Waals surface area contributed by atoms with Crippen molar-refractivity contribution < 1.29 is 4.79 Å². The predicted octanol–water partition coefficient (Wildman–Crippen LogP) is 3.26. The average molecular weight is 344 g/mol. The summed E-state index contributed by atoms with van der Waals surface area (Å²) in [6.07, 6.45) is 0. The second-order valence-electron chi connectivity index (χ2n) is 5.06. The van der Waals surface area contributed by atoms with E-state index in [0.717, 1.165) is 15.7 Å². The summed E-state index contributed by atoms with van der Waals surface area (Å²) in [5, 5.41) is 2.99. The molecule has 0 spiro atoms. The molecule has 0 aliphatic carbocycles. The molecule has 0 heterocycles. The van der Waals surface area contributed by atoms with Gasteiger partial charge in [-0.15, -0.1) is 0 Å². The van der Waals surface area contributed by atoms with Crippen LogP contribution in [0.5, 0.6) is 0 Å². The number of amides is 1. The molecule has 0 saturated carbocycles. The van der Waals surface area contributed by atoms with Crippen LogP contribution in [0.15, 0.2) is 64.6 Å². The first kappa shape index (κ1) is 15.6. The van der Waals surface area contributed by atoms with Gasteiger partial charge in [0, 0.05) is 0 Å². The summed E-state index contributed by atoms with van der Waals surface area (Å²) < 4.78 is 2.09. The minimum atomic E-state index is 0.00251. The van der Waals surface area contributed by atoms with E-state index in [9.17, 15) is 4.79 Å². The van der Waals surface area contributed by atoms with Crippen LogP contribution >= 0.6 is 0 Å².